The van der Waals surface area contributed by atoms with Crippen molar-refractivity contribution in [3.8, 4) is 0 Å². The molecule has 0 saturated carbocycles. The lowest BCUT2D eigenvalue weighted by Crippen LogP contribution is -2.19. The molecule has 0 radical (unpaired) electrons. The first kappa shape index (κ1) is 20.1. The van der Waals surface area contributed by atoms with E-state index >= 15 is 0 Å². The monoisotopic (exact) mass is 490 g/mol. The van der Waals surface area contributed by atoms with Gasteiger partial charge in [-0.1, -0.05) is 54.6 Å². The fourth-order valence-corrected chi connectivity index (χ4v) is 6.75. The van der Waals surface area contributed by atoms with E-state index < -0.39 is 0 Å². The maximum atomic E-state index is 6.72. The average molecular weight is 491 g/mol. The van der Waals surface area contributed by atoms with E-state index in [9.17, 15) is 0 Å². The lowest BCUT2D eigenvalue weighted by atomic mass is 10.1. The van der Waals surface area contributed by atoms with E-state index in [0.717, 1.165) is 38.7 Å². The van der Waals surface area contributed by atoms with Crippen molar-refractivity contribution >= 4 is 82.4 Å². The minimum atomic E-state index is 0.837. The van der Waals surface area contributed by atoms with Gasteiger partial charge in [-0.2, -0.15) is 0 Å². The first-order chi connectivity index (χ1) is 18.8. The number of nitrogens with one attached hydrogen (secondary N) is 1. The third-order valence-corrected chi connectivity index (χ3v) is 8.24. The highest BCUT2D eigenvalue weighted by Gasteiger charge is 2.24. The van der Waals surface area contributed by atoms with Crippen LogP contribution in [0.3, 0.4) is 0 Å². The van der Waals surface area contributed by atoms with E-state index in [4.69, 9.17) is 4.42 Å². The molecule has 5 aromatic carbocycles. The summed E-state index contributed by atoms with van der Waals surface area (Å²) in [5.74, 6) is 0.837. The number of hydrogen-bond donors (Lipinski definition) is 1. The molecule has 4 aromatic heterocycles. The Labute approximate surface area is 216 Å². The van der Waals surface area contributed by atoms with Crippen LogP contribution in [0.2, 0.25) is 0 Å². The second-order valence-electron chi connectivity index (χ2n) is 10.0. The van der Waals surface area contributed by atoms with Crippen molar-refractivity contribution in [3.63, 3.8) is 0 Å². The molecule has 9 rings (SSSR count). The predicted molar refractivity (Wildman–Crippen MR) is 158 cm³/mol. The van der Waals surface area contributed by atoms with Gasteiger partial charge in [0.05, 0.1) is 38.5 Å². The van der Waals surface area contributed by atoms with Crippen molar-refractivity contribution in [2.24, 2.45) is 4.99 Å². The van der Waals surface area contributed by atoms with Gasteiger partial charge in [0.2, 0.25) is 0 Å². The number of benzene rings is 5. The van der Waals surface area contributed by atoms with E-state index in [1.807, 2.05) is 7.05 Å². The van der Waals surface area contributed by atoms with Gasteiger partial charge in [0, 0.05) is 46.6 Å². The summed E-state index contributed by atoms with van der Waals surface area (Å²) in [6.45, 7) is 0. The number of rotatable bonds is 1. The van der Waals surface area contributed by atoms with Gasteiger partial charge < -0.3 is 18.5 Å². The summed E-state index contributed by atoms with van der Waals surface area (Å²) < 4.78 is 11.6. The number of hydrogen-bond acceptors (Lipinski definition) is 2. The van der Waals surface area contributed by atoms with Gasteiger partial charge in [-0.3, -0.25) is 4.99 Å². The molecule has 180 valence electrons. The number of furan rings is 1. The SMILES string of the molecule is C/N=C(\NC)c1ccc2c(c1)oc1c2cc2c3c1c1ccccc1n3c1cccc3c4ccccc4n2c31. The lowest BCUT2D eigenvalue weighted by Gasteiger charge is -2.11. The van der Waals surface area contributed by atoms with Gasteiger partial charge in [0.15, 0.2) is 0 Å². The van der Waals surface area contributed by atoms with Crippen LogP contribution in [0.15, 0.2) is 100 Å². The van der Waals surface area contributed by atoms with Crippen LogP contribution in [0.25, 0.3) is 76.6 Å². The Morgan fingerprint density at radius 2 is 1.37 bits per heavy atom. The van der Waals surface area contributed by atoms with E-state index in [0.29, 0.717) is 0 Å². The number of aromatic nitrogens is 2. The van der Waals surface area contributed by atoms with Crippen LogP contribution >= 0.6 is 0 Å². The largest absolute Gasteiger partial charge is 0.455 e. The Hall–Kier alpha value is -5.03. The van der Waals surface area contributed by atoms with Crippen LogP contribution in [0, 0.1) is 0 Å². The molecule has 0 amide bonds. The third kappa shape index (κ3) is 2.22. The number of nitrogens with zero attached hydrogens (tertiary/aromatic N) is 3. The zero-order valence-corrected chi connectivity index (χ0v) is 20.9. The van der Waals surface area contributed by atoms with Crippen molar-refractivity contribution < 1.29 is 4.42 Å². The number of fused-ring (bicyclic) bond motifs is 12. The summed E-state index contributed by atoms with van der Waals surface area (Å²) >= 11 is 0. The standard InChI is InChI=1S/C33H22N4O/c1-34-33(35-2)18-14-15-20-23-17-27-31-29(32(23)38-28(20)16-18)22-9-4-6-12-25(22)36(31)26-13-7-10-21-19-8-3-5-11-24(19)37(27)30(21)26/h3-17H,1-2H3,(H,34,35). The van der Waals surface area contributed by atoms with E-state index in [2.05, 4.69) is 110 Å². The molecule has 0 atom stereocenters. The molecule has 5 nitrogen and oxygen atoms in total. The molecule has 9 aromatic rings. The minimum absolute atomic E-state index is 0.837. The molecule has 0 fully saturated rings. The van der Waals surface area contributed by atoms with E-state index in [1.54, 1.807) is 7.05 Å². The molecule has 0 saturated heterocycles. The van der Waals surface area contributed by atoms with Gasteiger partial charge in [-0.15, -0.1) is 0 Å². The highest BCUT2D eigenvalue weighted by Crippen LogP contribution is 2.45. The van der Waals surface area contributed by atoms with Crippen molar-refractivity contribution in [1.29, 1.82) is 0 Å². The van der Waals surface area contributed by atoms with E-state index in [-0.39, 0.29) is 0 Å². The highest BCUT2D eigenvalue weighted by atomic mass is 16.3. The van der Waals surface area contributed by atoms with Gasteiger partial charge in [-0.05, 0) is 36.4 Å². The van der Waals surface area contributed by atoms with Crippen LogP contribution in [0.5, 0.6) is 0 Å². The first-order valence-corrected chi connectivity index (χ1v) is 12.9. The Kier molecular flexibility index (Phi) is 3.61. The van der Waals surface area contributed by atoms with Gasteiger partial charge in [-0.25, -0.2) is 0 Å². The maximum Gasteiger partial charge on any atom is 0.145 e. The second kappa shape index (κ2) is 6.84. The third-order valence-electron chi connectivity index (χ3n) is 8.24. The highest BCUT2D eigenvalue weighted by molar-refractivity contribution is 6.30. The molecule has 0 bridgehead atoms. The molecule has 0 spiro atoms. The molecule has 1 N–H and O–H groups in total. The summed E-state index contributed by atoms with van der Waals surface area (Å²) in [6.07, 6.45) is 0. The van der Waals surface area contributed by atoms with Crippen LogP contribution in [0.1, 0.15) is 5.56 Å². The van der Waals surface area contributed by atoms with Gasteiger partial charge in [0.1, 0.15) is 17.0 Å². The van der Waals surface area contributed by atoms with Crippen LogP contribution in [-0.2, 0) is 0 Å². The Bertz CT molecular complexity index is 2450. The maximum absolute atomic E-state index is 6.72. The summed E-state index contributed by atoms with van der Waals surface area (Å²) in [6, 6.07) is 32.8. The molecule has 38 heavy (non-hydrogen) atoms. The molecule has 0 aliphatic carbocycles. The zero-order valence-electron chi connectivity index (χ0n) is 20.9. The predicted octanol–water partition coefficient (Wildman–Crippen LogP) is 7.74. The Morgan fingerprint density at radius 3 is 2.18 bits per heavy atom. The fourth-order valence-electron chi connectivity index (χ4n) is 6.75. The average Bonchev–Trinajstić information content (AvgIpc) is 3.61. The normalized spacial score (nSPS) is 13.2. The molecule has 0 unspecified atom stereocenters. The second-order valence-corrected chi connectivity index (χ2v) is 10.0. The summed E-state index contributed by atoms with van der Waals surface area (Å²) in [7, 11) is 3.69. The molecular formula is C33H22N4O. The Balaban J connectivity index is 1.61. The minimum Gasteiger partial charge on any atom is -0.455 e. The molecule has 0 aliphatic rings. The summed E-state index contributed by atoms with van der Waals surface area (Å²) in [5.41, 5.74) is 10.0. The number of amidine groups is 1. The molecule has 4 heterocycles. The topological polar surface area (TPSA) is 46.3 Å². The Morgan fingerprint density at radius 1 is 0.658 bits per heavy atom. The number of para-hydroxylation sites is 3. The zero-order chi connectivity index (χ0) is 25.1. The van der Waals surface area contributed by atoms with Crippen LogP contribution in [0.4, 0.5) is 0 Å². The number of aliphatic imine (C=N–C) groups is 1. The summed E-state index contributed by atoms with van der Waals surface area (Å²) in [5, 5.41) is 10.3. The molecular weight excluding hydrogens is 468 g/mol. The van der Waals surface area contributed by atoms with Crippen molar-refractivity contribution in [2.75, 3.05) is 14.1 Å². The fraction of sp³-hybridized carbons (Fsp3) is 0.0606. The molecule has 5 heteroatoms. The van der Waals surface area contributed by atoms with Gasteiger partial charge in [0.25, 0.3) is 0 Å². The lowest BCUT2D eigenvalue weighted by molar-refractivity contribution is 0.673. The van der Waals surface area contributed by atoms with Crippen LogP contribution < -0.4 is 5.32 Å². The first-order valence-electron chi connectivity index (χ1n) is 12.9. The van der Waals surface area contributed by atoms with Crippen LogP contribution in [-0.4, -0.2) is 28.7 Å². The van der Waals surface area contributed by atoms with Crippen molar-refractivity contribution in [1.82, 2.24) is 14.1 Å². The van der Waals surface area contributed by atoms with Gasteiger partial charge >= 0.3 is 0 Å². The quantitative estimate of drug-likeness (QED) is 0.145. The smallest absolute Gasteiger partial charge is 0.145 e. The van der Waals surface area contributed by atoms with E-state index in [1.165, 1.54) is 49.3 Å². The van der Waals surface area contributed by atoms with Crippen molar-refractivity contribution in [2.45, 2.75) is 0 Å². The molecule has 0 aliphatic heterocycles. The summed E-state index contributed by atoms with van der Waals surface area (Å²) in [4.78, 5) is 4.39. The van der Waals surface area contributed by atoms with Crippen molar-refractivity contribution in [3.05, 3.63) is 96.6 Å².